The molecule has 0 aliphatic rings. The van der Waals surface area contributed by atoms with Crippen molar-refractivity contribution in [2.45, 2.75) is 44.2 Å². The van der Waals surface area contributed by atoms with Crippen LogP contribution in [0.1, 0.15) is 26.7 Å². The highest BCUT2D eigenvalue weighted by atomic mass is 32.2. The fraction of sp³-hybridized carbons (Fsp3) is 0.769. The minimum atomic E-state index is -3.46. The van der Waals surface area contributed by atoms with Gasteiger partial charge in [0, 0.05) is 18.8 Å². The minimum Gasteiger partial charge on any atom is -0.317 e. The molecule has 122 valence electrons. The zero-order valence-electron chi connectivity index (χ0n) is 13.0. The third-order valence-corrected chi connectivity index (χ3v) is 5.21. The monoisotopic (exact) mass is 334 g/mol. The molecule has 0 saturated heterocycles. The first kappa shape index (κ1) is 18.5. The number of nitrogens with zero attached hydrogens (tertiary/aromatic N) is 2. The van der Waals surface area contributed by atoms with Gasteiger partial charge in [-0.25, -0.2) is 13.1 Å². The van der Waals surface area contributed by atoms with Crippen LogP contribution in [0.25, 0.3) is 0 Å². The Morgan fingerprint density at radius 1 is 1.48 bits per heavy atom. The second-order valence-corrected chi connectivity index (χ2v) is 7.65. The van der Waals surface area contributed by atoms with Crippen LogP contribution in [-0.2, 0) is 16.6 Å². The molecular formula is C13H26N4O2S2. The second-order valence-electron chi connectivity index (χ2n) is 4.95. The molecule has 0 aromatic carbocycles. The van der Waals surface area contributed by atoms with Crippen molar-refractivity contribution in [3.05, 3.63) is 12.4 Å². The molecule has 0 bridgehead atoms. The fourth-order valence-corrected chi connectivity index (χ4v) is 3.65. The van der Waals surface area contributed by atoms with E-state index in [4.69, 9.17) is 0 Å². The SMILES string of the molecule is CCNCCCn1cc(S(=O)(=O)NC(C)CCSC)cn1. The van der Waals surface area contributed by atoms with Crippen molar-refractivity contribution in [2.75, 3.05) is 25.1 Å². The van der Waals surface area contributed by atoms with Gasteiger partial charge in [-0.05, 0) is 44.9 Å². The number of aryl methyl sites for hydroxylation is 1. The van der Waals surface area contributed by atoms with E-state index in [1.807, 2.05) is 13.2 Å². The van der Waals surface area contributed by atoms with Crippen LogP contribution < -0.4 is 10.0 Å². The van der Waals surface area contributed by atoms with E-state index in [2.05, 4.69) is 22.1 Å². The van der Waals surface area contributed by atoms with Crippen molar-refractivity contribution >= 4 is 21.8 Å². The molecule has 1 unspecified atom stereocenters. The van der Waals surface area contributed by atoms with Crippen LogP contribution in [0.3, 0.4) is 0 Å². The number of hydrogen-bond donors (Lipinski definition) is 2. The molecule has 1 atom stereocenters. The summed E-state index contributed by atoms with van der Waals surface area (Å²) in [4.78, 5) is 0.238. The maximum Gasteiger partial charge on any atom is 0.243 e. The van der Waals surface area contributed by atoms with Crippen molar-refractivity contribution in [1.82, 2.24) is 19.8 Å². The van der Waals surface area contributed by atoms with Crippen molar-refractivity contribution in [3.8, 4) is 0 Å². The summed E-state index contributed by atoms with van der Waals surface area (Å²) in [7, 11) is -3.46. The van der Waals surface area contributed by atoms with Crippen molar-refractivity contribution in [2.24, 2.45) is 0 Å². The topological polar surface area (TPSA) is 76.0 Å². The highest BCUT2D eigenvalue weighted by molar-refractivity contribution is 7.98. The first-order chi connectivity index (χ1) is 9.99. The smallest absolute Gasteiger partial charge is 0.243 e. The molecule has 0 amide bonds. The van der Waals surface area contributed by atoms with E-state index >= 15 is 0 Å². The average molecular weight is 335 g/mol. The number of rotatable bonds is 11. The predicted molar refractivity (Wildman–Crippen MR) is 88.2 cm³/mol. The third-order valence-electron chi connectivity index (χ3n) is 3.02. The van der Waals surface area contributed by atoms with E-state index in [9.17, 15) is 8.42 Å². The lowest BCUT2D eigenvalue weighted by molar-refractivity contribution is 0.546. The summed E-state index contributed by atoms with van der Waals surface area (Å²) in [6, 6.07) is -0.0699. The molecule has 0 saturated carbocycles. The summed E-state index contributed by atoms with van der Waals surface area (Å²) in [5.74, 6) is 0.938. The van der Waals surface area contributed by atoms with Gasteiger partial charge in [0.25, 0.3) is 0 Å². The number of sulfonamides is 1. The van der Waals surface area contributed by atoms with Gasteiger partial charge in [-0.1, -0.05) is 6.92 Å². The Morgan fingerprint density at radius 2 is 2.24 bits per heavy atom. The van der Waals surface area contributed by atoms with Crippen LogP contribution in [0, 0.1) is 0 Å². The Morgan fingerprint density at radius 3 is 2.90 bits per heavy atom. The summed E-state index contributed by atoms with van der Waals surface area (Å²) in [5, 5.41) is 7.34. The molecule has 0 aliphatic heterocycles. The molecule has 21 heavy (non-hydrogen) atoms. The highest BCUT2D eigenvalue weighted by Crippen LogP contribution is 2.10. The molecule has 0 radical (unpaired) electrons. The Labute approximate surface area is 132 Å². The van der Waals surface area contributed by atoms with Crippen LogP contribution in [0.5, 0.6) is 0 Å². The molecule has 8 heteroatoms. The van der Waals surface area contributed by atoms with E-state index in [1.165, 1.54) is 6.20 Å². The molecule has 6 nitrogen and oxygen atoms in total. The normalized spacial score (nSPS) is 13.5. The maximum absolute atomic E-state index is 12.2. The Kier molecular flexibility index (Phi) is 8.31. The molecule has 1 rings (SSSR count). The van der Waals surface area contributed by atoms with Gasteiger partial charge in [0.1, 0.15) is 4.90 Å². The number of hydrogen-bond acceptors (Lipinski definition) is 5. The molecule has 0 aliphatic carbocycles. The Hall–Kier alpha value is -0.570. The largest absolute Gasteiger partial charge is 0.317 e. The van der Waals surface area contributed by atoms with Crippen molar-refractivity contribution in [1.29, 1.82) is 0 Å². The quantitative estimate of drug-likeness (QED) is 0.597. The molecule has 1 heterocycles. The van der Waals surface area contributed by atoms with Crippen LogP contribution in [0.4, 0.5) is 0 Å². The zero-order chi connectivity index (χ0) is 15.7. The van der Waals surface area contributed by atoms with Gasteiger partial charge in [0.15, 0.2) is 0 Å². The Balaban J connectivity index is 2.53. The molecular weight excluding hydrogens is 308 g/mol. The van der Waals surface area contributed by atoms with E-state index in [-0.39, 0.29) is 10.9 Å². The number of thioether (sulfide) groups is 1. The van der Waals surface area contributed by atoms with Gasteiger partial charge in [-0.2, -0.15) is 16.9 Å². The van der Waals surface area contributed by atoms with Gasteiger partial charge < -0.3 is 5.32 Å². The first-order valence-corrected chi connectivity index (χ1v) is 10.1. The number of aromatic nitrogens is 2. The fourth-order valence-electron chi connectivity index (χ4n) is 1.83. The van der Waals surface area contributed by atoms with Gasteiger partial charge >= 0.3 is 0 Å². The van der Waals surface area contributed by atoms with Crippen LogP contribution in [-0.4, -0.2) is 49.3 Å². The summed E-state index contributed by atoms with van der Waals surface area (Å²) < 4.78 is 28.8. The van der Waals surface area contributed by atoms with E-state index in [0.717, 1.165) is 31.7 Å². The first-order valence-electron chi connectivity index (χ1n) is 7.24. The molecule has 0 spiro atoms. The predicted octanol–water partition coefficient (Wildman–Crippen LogP) is 1.30. The van der Waals surface area contributed by atoms with Crippen molar-refractivity contribution < 1.29 is 8.42 Å². The second kappa shape index (κ2) is 9.45. The van der Waals surface area contributed by atoms with Gasteiger partial charge in [-0.15, -0.1) is 0 Å². The van der Waals surface area contributed by atoms with Gasteiger partial charge in [0.2, 0.25) is 10.0 Å². The average Bonchev–Trinajstić information content (AvgIpc) is 2.90. The van der Waals surface area contributed by atoms with Crippen LogP contribution in [0.2, 0.25) is 0 Å². The van der Waals surface area contributed by atoms with Crippen LogP contribution >= 0.6 is 11.8 Å². The van der Waals surface area contributed by atoms with E-state index in [1.54, 1.807) is 22.6 Å². The molecule has 2 N–H and O–H groups in total. The van der Waals surface area contributed by atoms with Gasteiger partial charge in [-0.3, -0.25) is 4.68 Å². The maximum atomic E-state index is 12.2. The summed E-state index contributed by atoms with van der Waals surface area (Å²) in [5.41, 5.74) is 0. The van der Waals surface area contributed by atoms with Gasteiger partial charge in [0.05, 0.1) is 6.20 Å². The standard InChI is InChI=1S/C13H26N4O2S2/c1-4-14-7-5-8-17-11-13(10-15-17)21(18,19)16-12(2)6-9-20-3/h10-12,14,16H,4-9H2,1-3H3. The molecule has 1 aromatic heterocycles. The summed E-state index contributed by atoms with van der Waals surface area (Å²) in [6.07, 6.45) is 6.76. The lowest BCUT2D eigenvalue weighted by Gasteiger charge is -2.12. The van der Waals surface area contributed by atoms with Crippen molar-refractivity contribution in [3.63, 3.8) is 0 Å². The zero-order valence-corrected chi connectivity index (χ0v) is 14.6. The summed E-state index contributed by atoms with van der Waals surface area (Å²) >= 11 is 1.71. The molecule has 0 fully saturated rings. The van der Waals surface area contributed by atoms with E-state index < -0.39 is 10.0 Å². The summed E-state index contributed by atoms with van der Waals surface area (Å²) in [6.45, 7) is 6.50. The minimum absolute atomic E-state index is 0.0699. The number of nitrogens with one attached hydrogen (secondary N) is 2. The lowest BCUT2D eigenvalue weighted by Crippen LogP contribution is -2.32. The van der Waals surface area contributed by atoms with Crippen LogP contribution in [0.15, 0.2) is 17.3 Å². The highest BCUT2D eigenvalue weighted by Gasteiger charge is 2.19. The Bertz CT molecular complexity index is 502. The molecule has 1 aromatic rings. The van der Waals surface area contributed by atoms with E-state index in [0.29, 0.717) is 6.54 Å². The lowest BCUT2D eigenvalue weighted by atomic mass is 10.3. The third kappa shape index (κ3) is 6.82.